The molecule has 0 unspecified atom stereocenters. The smallest absolute Gasteiger partial charge is 0.120 e. The zero-order chi connectivity index (χ0) is 10.8. The van der Waals surface area contributed by atoms with Gasteiger partial charge in [-0.25, -0.2) is 0 Å². The van der Waals surface area contributed by atoms with Crippen LogP contribution in [0.4, 0.5) is 0 Å². The van der Waals surface area contributed by atoms with Crippen molar-refractivity contribution in [2.75, 3.05) is 6.61 Å². The van der Waals surface area contributed by atoms with Crippen molar-refractivity contribution >= 4 is 10.9 Å². The van der Waals surface area contributed by atoms with Crippen molar-refractivity contribution in [2.45, 2.75) is 19.8 Å². The number of aliphatic hydroxyl groups is 1. The van der Waals surface area contributed by atoms with E-state index >= 15 is 0 Å². The van der Waals surface area contributed by atoms with Crippen LogP contribution >= 0.6 is 0 Å². The Morgan fingerprint density at radius 2 is 2.13 bits per heavy atom. The van der Waals surface area contributed by atoms with Gasteiger partial charge in [-0.05, 0) is 30.5 Å². The molecule has 0 fully saturated rings. The Morgan fingerprint density at radius 1 is 1.33 bits per heavy atom. The first-order chi connectivity index (χ1) is 7.27. The summed E-state index contributed by atoms with van der Waals surface area (Å²) in [6.45, 7) is 2.16. The van der Waals surface area contributed by atoms with Gasteiger partial charge in [0, 0.05) is 23.8 Å². The van der Waals surface area contributed by atoms with Gasteiger partial charge in [0.2, 0.25) is 0 Å². The zero-order valence-electron chi connectivity index (χ0n) is 8.75. The van der Waals surface area contributed by atoms with E-state index in [-0.39, 0.29) is 6.61 Å². The van der Waals surface area contributed by atoms with E-state index in [9.17, 15) is 5.11 Å². The highest BCUT2D eigenvalue weighted by Crippen LogP contribution is 2.29. The minimum atomic E-state index is 0.148. The Labute approximate surface area is 88.4 Å². The molecule has 3 nitrogen and oxygen atoms in total. The number of phenolic OH excluding ortho intramolecular Hbond substituents is 1. The van der Waals surface area contributed by atoms with Crippen molar-refractivity contribution in [3.05, 3.63) is 29.5 Å². The number of benzene rings is 1. The predicted octanol–water partition coefficient (Wildman–Crippen LogP) is 1.97. The maximum absolute atomic E-state index is 9.68. The first-order valence-corrected chi connectivity index (χ1v) is 5.19. The van der Waals surface area contributed by atoms with Gasteiger partial charge in [-0.1, -0.05) is 6.92 Å². The molecule has 0 spiro atoms. The van der Waals surface area contributed by atoms with Crippen molar-refractivity contribution in [2.24, 2.45) is 0 Å². The maximum Gasteiger partial charge on any atom is 0.120 e. The molecule has 2 rings (SSSR count). The van der Waals surface area contributed by atoms with Gasteiger partial charge in [0.05, 0.1) is 5.52 Å². The van der Waals surface area contributed by atoms with Crippen molar-refractivity contribution in [1.82, 2.24) is 4.98 Å². The molecular formula is C12H15NO2. The van der Waals surface area contributed by atoms with E-state index in [1.54, 1.807) is 6.07 Å². The third-order valence-electron chi connectivity index (χ3n) is 2.76. The number of hydrogen-bond acceptors (Lipinski definition) is 2. The monoisotopic (exact) mass is 205 g/mol. The number of nitrogens with one attached hydrogen (secondary N) is 1. The average molecular weight is 205 g/mol. The number of aromatic amines is 1. The van der Waals surface area contributed by atoms with Gasteiger partial charge in [-0.15, -0.1) is 0 Å². The SMILES string of the molecule is CCc1c(O)ccc2c(CCO)c[nH]c12. The molecule has 2 aromatic rings. The van der Waals surface area contributed by atoms with Crippen molar-refractivity contribution in [3.8, 4) is 5.75 Å². The van der Waals surface area contributed by atoms with Crippen LogP contribution in [-0.2, 0) is 12.8 Å². The summed E-state index contributed by atoms with van der Waals surface area (Å²) >= 11 is 0. The molecule has 0 saturated heterocycles. The molecule has 1 heterocycles. The number of H-pyrrole nitrogens is 1. The van der Waals surface area contributed by atoms with Gasteiger partial charge >= 0.3 is 0 Å². The van der Waals surface area contributed by atoms with Gasteiger partial charge in [0.25, 0.3) is 0 Å². The normalized spacial score (nSPS) is 11.1. The summed E-state index contributed by atoms with van der Waals surface area (Å²) in [5.41, 5.74) is 3.03. The molecule has 0 radical (unpaired) electrons. The topological polar surface area (TPSA) is 56.2 Å². The number of aliphatic hydroxyl groups excluding tert-OH is 1. The molecule has 0 aliphatic rings. The molecule has 3 N–H and O–H groups in total. The lowest BCUT2D eigenvalue weighted by atomic mass is 10.0. The lowest BCUT2D eigenvalue weighted by Crippen LogP contribution is -1.89. The van der Waals surface area contributed by atoms with Crippen LogP contribution in [0, 0.1) is 0 Å². The third kappa shape index (κ3) is 1.59. The second-order valence-corrected chi connectivity index (χ2v) is 3.63. The van der Waals surface area contributed by atoms with Gasteiger partial charge in [0.1, 0.15) is 5.75 Å². The summed E-state index contributed by atoms with van der Waals surface area (Å²) in [6.07, 6.45) is 3.34. The fourth-order valence-corrected chi connectivity index (χ4v) is 1.99. The number of aryl methyl sites for hydroxylation is 1. The summed E-state index contributed by atoms with van der Waals surface area (Å²) < 4.78 is 0. The third-order valence-corrected chi connectivity index (χ3v) is 2.76. The first-order valence-electron chi connectivity index (χ1n) is 5.19. The Balaban J connectivity index is 2.63. The molecule has 0 amide bonds. The largest absolute Gasteiger partial charge is 0.508 e. The average Bonchev–Trinajstić information content (AvgIpc) is 2.62. The molecular weight excluding hydrogens is 190 g/mol. The van der Waals surface area contributed by atoms with E-state index in [1.165, 1.54) is 0 Å². The minimum Gasteiger partial charge on any atom is -0.508 e. The van der Waals surface area contributed by atoms with Crippen LogP contribution in [0.25, 0.3) is 10.9 Å². The highest BCUT2D eigenvalue weighted by Gasteiger charge is 2.09. The molecule has 3 heteroatoms. The number of aromatic nitrogens is 1. The number of phenols is 1. The maximum atomic E-state index is 9.68. The van der Waals surface area contributed by atoms with Gasteiger partial charge < -0.3 is 15.2 Å². The fraction of sp³-hybridized carbons (Fsp3) is 0.333. The van der Waals surface area contributed by atoms with E-state index < -0.39 is 0 Å². The Morgan fingerprint density at radius 3 is 2.80 bits per heavy atom. The second kappa shape index (κ2) is 3.95. The predicted molar refractivity (Wildman–Crippen MR) is 60.1 cm³/mol. The number of fused-ring (bicyclic) bond motifs is 1. The molecule has 1 aromatic heterocycles. The Kier molecular flexibility index (Phi) is 2.64. The highest BCUT2D eigenvalue weighted by molar-refractivity contribution is 5.87. The number of hydrogen-bond donors (Lipinski definition) is 3. The van der Waals surface area contributed by atoms with Crippen LogP contribution in [0.5, 0.6) is 5.75 Å². The van der Waals surface area contributed by atoms with E-state index in [1.807, 2.05) is 19.2 Å². The lowest BCUT2D eigenvalue weighted by molar-refractivity contribution is 0.300. The van der Waals surface area contributed by atoms with Crippen LogP contribution in [0.3, 0.4) is 0 Å². The van der Waals surface area contributed by atoms with Gasteiger partial charge in [0.15, 0.2) is 0 Å². The molecule has 0 aliphatic heterocycles. The van der Waals surface area contributed by atoms with Gasteiger partial charge in [-0.3, -0.25) is 0 Å². The molecule has 0 aliphatic carbocycles. The zero-order valence-corrected chi connectivity index (χ0v) is 8.75. The van der Waals surface area contributed by atoms with Crippen molar-refractivity contribution in [3.63, 3.8) is 0 Å². The first kappa shape index (κ1) is 10.1. The quantitative estimate of drug-likeness (QED) is 0.717. The summed E-state index contributed by atoms with van der Waals surface area (Å²) in [6, 6.07) is 3.61. The number of rotatable bonds is 3. The second-order valence-electron chi connectivity index (χ2n) is 3.63. The number of aromatic hydroxyl groups is 1. The fourth-order valence-electron chi connectivity index (χ4n) is 1.99. The van der Waals surface area contributed by atoms with Gasteiger partial charge in [-0.2, -0.15) is 0 Å². The van der Waals surface area contributed by atoms with E-state index in [0.717, 1.165) is 28.5 Å². The molecule has 0 saturated carbocycles. The molecule has 15 heavy (non-hydrogen) atoms. The van der Waals surface area contributed by atoms with Crippen LogP contribution in [0.1, 0.15) is 18.1 Å². The summed E-state index contributed by atoms with van der Waals surface area (Å²) in [5.74, 6) is 0.336. The van der Waals surface area contributed by atoms with E-state index in [4.69, 9.17) is 5.11 Å². The molecule has 0 bridgehead atoms. The van der Waals surface area contributed by atoms with Crippen molar-refractivity contribution < 1.29 is 10.2 Å². The summed E-state index contributed by atoms with van der Waals surface area (Å²) in [5, 5.41) is 19.7. The summed E-state index contributed by atoms with van der Waals surface area (Å²) in [7, 11) is 0. The lowest BCUT2D eigenvalue weighted by Gasteiger charge is -2.03. The molecule has 0 atom stereocenters. The van der Waals surface area contributed by atoms with E-state index in [2.05, 4.69) is 4.98 Å². The molecule has 1 aromatic carbocycles. The van der Waals surface area contributed by atoms with Crippen LogP contribution in [0.2, 0.25) is 0 Å². The van der Waals surface area contributed by atoms with Crippen LogP contribution < -0.4 is 0 Å². The Bertz CT molecular complexity index is 474. The van der Waals surface area contributed by atoms with E-state index in [0.29, 0.717) is 12.2 Å². The minimum absolute atomic E-state index is 0.148. The van der Waals surface area contributed by atoms with Crippen LogP contribution in [-0.4, -0.2) is 21.8 Å². The van der Waals surface area contributed by atoms with Crippen molar-refractivity contribution in [1.29, 1.82) is 0 Å². The van der Waals surface area contributed by atoms with Crippen LogP contribution in [0.15, 0.2) is 18.3 Å². The standard InChI is InChI=1S/C12H15NO2/c1-2-9-11(15)4-3-10-8(5-6-14)7-13-12(9)10/h3-4,7,13-15H,2,5-6H2,1H3. The molecule has 80 valence electrons. The Hall–Kier alpha value is -1.48. The summed E-state index contributed by atoms with van der Waals surface area (Å²) in [4.78, 5) is 3.16. The highest BCUT2D eigenvalue weighted by atomic mass is 16.3.